The van der Waals surface area contributed by atoms with E-state index in [4.69, 9.17) is 0 Å². The number of benzene rings is 1. The highest BCUT2D eigenvalue weighted by Crippen LogP contribution is 2.27. The van der Waals surface area contributed by atoms with Crippen LogP contribution in [-0.2, 0) is 6.42 Å². The van der Waals surface area contributed by atoms with Crippen LogP contribution in [0.1, 0.15) is 17.5 Å². The summed E-state index contributed by atoms with van der Waals surface area (Å²) in [6.07, 6.45) is 1.09. The van der Waals surface area contributed by atoms with Crippen molar-refractivity contribution in [2.45, 2.75) is 20.3 Å². The fraction of sp³-hybridized carbons (Fsp3) is 0.250. The molecule has 0 saturated carbocycles. The van der Waals surface area contributed by atoms with Crippen molar-refractivity contribution in [3.8, 4) is 0 Å². The highest BCUT2D eigenvalue weighted by atomic mass is 32.1. The number of hydrogen-bond donors (Lipinski definition) is 0. The van der Waals surface area contributed by atoms with Crippen LogP contribution < -0.4 is 0 Å². The Morgan fingerprint density at radius 1 is 1.33 bits per heavy atom. The predicted octanol–water partition coefficient (Wildman–Crippen LogP) is 3.42. The van der Waals surface area contributed by atoms with Crippen molar-refractivity contribution in [1.82, 2.24) is 9.38 Å². The third kappa shape index (κ3) is 1.13. The number of fused-ring (bicyclic) bond motifs is 3. The standard InChI is InChI=1S/C12H12N2S/c1-3-11-8(2)14-10-7-5-4-6-9(10)13-12(14)15-11/h4-7H,3H2,1-2H3. The van der Waals surface area contributed by atoms with Crippen LogP contribution >= 0.6 is 11.3 Å². The monoisotopic (exact) mass is 216 g/mol. The van der Waals surface area contributed by atoms with Gasteiger partial charge in [0, 0.05) is 10.6 Å². The van der Waals surface area contributed by atoms with E-state index in [2.05, 4.69) is 41.4 Å². The second-order valence-corrected chi connectivity index (χ2v) is 4.74. The molecule has 0 aliphatic carbocycles. The van der Waals surface area contributed by atoms with E-state index in [1.54, 1.807) is 11.3 Å². The molecule has 0 N–H and O–H groups in total. The first-order valence-corrected chi connectivity index (χ1v) is 5.98. The number of para-hydroxylation sites is 2. The van der Waals surface area contributed by atoms with Crippen molar-refractivity contribution in [3.63, 3.8) is 0 Å². The van der Waals surface area contributed by atoms with E-state index in [1.807, 2.05) is 6.07 Å². The molecular formula is C12H12N2S. The van der Waals surface area contributed by atoms with Gasteiger partial charge in [0.15, 0.2) is 4.96 Å². The van der Waals surface area contributed by atoms with Crippen molar-refractivity contribution in [3.05, 3.63) is 34.8 Å². The van der Waals surface area contributed by atoms with Gasteiger partial charge in [-0.15, -0.1) is 11.3 Å². The quantitative estimate of drug-likeness (QED) is 0.609. The van der Waals surface area contributed by atoms with Crippen LogP contribution in [0.2, 0.25) is 0 Å². The largest absolute Gasteiger partial charge is 0.287 e. The molecule has 3 rings (SSSR count). The average Bonchev–Trinajstić information content (AvgIpc) is 2.75. The summed E-state index contributed by atoms with van der Waals surface area (Å²) in [6.45, 7) is 4.37. The Labute approximate surface area is 92.2 Å². The average molecular weight is 216 g/mol. The molecule has 76 valence electrons. The smallest absolute Gasteiger partial charge is 0.195 e. The fourth-order valence-corrected chi connectivity index (χ4v) is 3.11. The van der Waals surface area contributed by atoms with Gasteiger partial charge in [-0.25, -0.2) is 4.98 Å². The van der Waals surface area contributed by atoms with Gasteiger partial charge in [-0.3, -0.25) is 4.40 Å². The first-order chi connectivity index (χ1) is 7.31. The molecule has 0 aliphatic rings. The van der Waals surface area contributed by atoms with Crippen molar-refractivity contribution < 1.29 is 0 Å². The summed E-state index contributed by atoms with van der Waals surface area (Å²) >= 11 is 1.80. The van der Waals surface area contributed by atoms with Gasteiger partial charge in [-0.1, -0.05) is 19.1 Å². The number of imidazole rings is 1. The van der Waals surface area contributed by atoms with Crippen LogP contribution in [0.3, 0.4) is 0 Å². The minimum Gasteiger partial charge on any atom is -0.287 e. The molecule has 1 aromatic carbocycles. The zero-order valence-electron chi connectivity index (χ0n) is 8.82. The molecule has 2 nitrogen and oxygen atoms in total. The molecule has 0 atom stereocenters. The van der Waals surface area contributed by atoms with Crippen LogP contribution in [-0.4, -0.2) is 9.38 Å². The lowest BCUT2D eigenvalue weighted by Gasteiger charge is -1.95. The van der Waals surface area contributed by atoms with Crippen molar-refractivity contribution in [2.24, 2.45) is 0 Å². The Kier molecular flexibility index (Phi) is 1.83. The fourth-order valence-electron chi connectivity index (χ4n) is 2.03. The molecule has 0 unspecified atom stereocenters. The molecule has 3 aromatic rings. The van der Waals surface area contributed by atoms with E-state index < -0.39 is 0 Å². The molecule has 15 heavy (non-hydrogen) atoms. The van der Waals surface area contributed by atoms with Crippen LogP contribution in [0.4, 0.5) is 0 Å². The zero-order valence-corrected chi connectivity index (χ0v) is 9.64. The van der Waals surface area contributed by atoms with Gasteiger partial charge in [0.05, 0.1) is 11.0 Å². The number of thiazole rings is 1. The number of rotatable bonds is 1. The maximum atomic E-state index is 4.63. The molecular weight excluding hydrogens is 204 g/mol. The van der Waals surface area contributed by atoms with E-state index in [1.165, 1.54) is 16.1 Å². The zero-order chi connectivity index (χ0) is 10.4. The van der Waals surface area contributed by atoms with Gasteiger partial charge in [0.25, 0.3) is 0 Å². The highest BCUT2D eigenvalue weighted by Gasteiger charge is 2.11. The molecule has 2 aromatic heterocycles. The molecule has 0 fully saturated rings. The lowest BCUT2D eigenvalue weighted by Crippen LogP contribution is -1.86. The predicted molar refractivity (Wildman–Crippen MR) is 64.7 cm³/mol. The van der Waals surface area contributed by atoms with Crippen LogP contribution in [0.5, 0.6) is 0 Å². The molecule has 0 bridgehead atoms. The summed E-state index contributed by atoms with van der Waals surface area (Å²) in [5, 5.41) is 0. The molecule has 0 saturated heterocycles. The van der Waals surface area contributed by atoms with Crippen LogP contribution in [0.25, 0.3) is 16.0 Å². The SMILES string of the molecule is CCc1sc2nc3ccccc3n2c1C. The van der Waals surface area contributed by atoms with Gasteiger partial charge >= 0.3 is 0 Å². The molecule has 3 heteroatoms. The van der Waals surface area contributed by atoms with E-state index in [0.29, 0.717) is 0 Å². The van der Waals surface area contributed by atoms with E-state index in [0.717, 1.165) is 16.9 Å². The third-order valence-corrected chi connectivity index (χ3v) is 4.09. The lowest BCUT2D eigenvalue weighted by molar-refractivity contribution is 1.08. The minimum atomic E-state index is 1.09. The lowest BCUT2D eigenvalue weighted by atomic mass is 10.3. The summed E-state index contributed by atoms with van der Waals surface area (Å²) < 4.78 is 2.26. The van der Waals surface area contributed by atoms with Gasteiger partial charge in [-0.2, -0.15) is 0 Å². The first-order valence-electron chi connectivity index (χ1n) is 5.16. The Balaban J connectivity index is 2.51. The second kappa shape index (κ2) is 3.07. The van der Waals surface area contributed by atoms with Gasteiger partial charge < -0.3 is 0 Å². The van der Waals surface area contributed by atoms with Gasteiger partial charge in [-0.05, 0) is 25.5 Å². The van der Waals surface area contributed by atoms with E-state index in [9.17, 15) is 0 Å². The Bertz CT molecular complexity index is 633. The van der Waals surface area contributed by atoms with Gasteiger partial charge in [0.1, 0.15) is 0 Å². The number of hydrogen-bond acceptors (Lipinski definition) is 2. The summed E-state index contributed by atoms with van der Waals surface area (Å²) in [4.78, 5) is 7.18. The summed E-state index contributed by atoms with van der Waals surface area (Å²) in [6, 6.07) is 8.31. The Morgan fingerprint density at radius 3 is 2.93 bits per heavy atom. The second-order valence-electron chi connectivity index (χ2n) is 3.68. The third-order valence-electron chi connectivity index (χ3n) is 2.80. The maximum absolute atomic E-state index is 4.63. The summed E-state index contributed by atoms with van der Waals surface area (Å²) in [5.41, 5.74) is 3.65. The minimum absolute atomic E-state index is 1.09. The van der Waals surface area contributed by atoms with E-state index in [-0.39, 0.29) is 0 Å². The number of aryl methyl sites for hydroxylation is 2. The number of aromatic nitrogens is 2. The topological polar surface area (TPSA) is 17.3 Å². The highest BCUT2D eigenvalue weighted by molar-refractivity contribution is 7.17. The normalized spacial score (nSPS) is 11.6. The molecule has 0 spiro atoms. The number of nitrogens with zero attached hydrogens (tertiary/aromatic N) is 2. The van der Waals surface area contributed by atoms with Crippen LogP contribution in [0, 0.1) is 6.92 Å². The molecule has 0 amide bonds. The molecule has 0 aliphatic heterocycles. The van der Waals surface area contributed by atoms with Gasteiger partial charge in [0.2, 0.25) is 0 Å². The Morgan fingerprint density at radius 2 is 2.13 bits per heavy atom. The van der Waals surface area contributed by atoms with Crippen molar-refractivity contribution in [1.29, 1.82) is 0 Å². The Hall–Kier alpha value is -1.35. The molecule has 2 heterocycles. The summed E-state index contributed by atoms with van der Waals surface area (Å²) in [5.74, 6) is 0. The van der Waals surface area contributed by atoms with E-state index >= 15 is 0 Å². The van der Waals surface area contributed by atoms with Crippen LogP contribution in [0.15, 0.2) is 24.3 Å². The van der Waals surface area contributed by atoms with Crippen molar-refractivity contribution >= 4 is 27.3 Å². The molecule has 0 radical (unpaired) electrons. The maximum Gasteiger partial charge on any atom is 0.195 e. The summed E-state index contributed by atoms with van der Waals surface area (Å²) in [7, 11) is 0. The van der Waals surface area contributed by atoms with Crippen molar-refractivity contribution in [2.75, 3.05) is 0 Å². The first kappa shape index (κ1) is 8.92.